The van der Waals surface area contributed by atoms with Crippen molar-refractivity contribution in [3.63, 3.8) is 0 Å². The average Bonchev–Trinajstić information content (AvgIpc) is 3.23. The summed E-state index contributed by atoms with van der Waals surface area (Å²) in [5.74, 6) is -0.230. The Hall–Kier alpha value is -3.10. The molecule has 0 amide bonds. The molecule has 1 unspecified atom stereocenters. The summed E-state index contributed by atoms with van der Waals surface area (Å²) in [7, 11) is -1.39. The number of hydrogen-bond acceptors (Lipinski definition) is 4. The first-order chi connectivity index (χ1) is 14.7. The molecule has 2 aromatic heterocycles. The summed E-state index contributed by atoms with van der Waals surface area (Å²) >= 11 is 5.83. The number of pyridine rings is 1. The minimum absolute atomic E-state index is 0.0318. The van der Waals surface area contributed by atoms with Gasteiger partial charge in [-0.05, 0) is 42.5 Å². The fourth-order valence-corrected chi connectivity index (χ4v) is 4.43. The van der Waals surface area contributed by atoms with E-state index in [1.54, 1.807) is 50.6 Å². The van der Waals surface area contributed by atoms with Crippen LogP contribution in [0.3, 0.4) is 0 Å². The highest BCUT2D eigenvalue weighted by atomic mass is 35.5. The maximum absolute atomic E-state index is 14.4. The third-order valence-electron chi connectivity index (χ3n) is 5.04. The molecular weight excluding hydrogens is 441 g/mol. The van der Waals surface area contributed by atoms with Crippen molar-refractivity contribution in [1.82, 2.24) is 9.55 Å². The summed E-state index contributed by atoms with van der Waals surface area (Å²) in [6, 6.07) is 10.5. The van der Waals surface area contributed by atoms with Gasteiger partial charge in [-0.1, -0.05) is 18.5 Å². The number of H-pyrrole nitrogens is 1. The van der Waals surface area contributed by atoms with Crippen LogP contribution in [0.15, 0.2) is 64.5 Å². The number of benzene rings is 2. The standard InChI is InChI=1S/C22H19ClFN3O3S/c1-3-31(25,29)14-5-7-19(30-20-6-4-13(23)10-18(20)24)16(11-14)17-12-27(2)22(28)21-15(17)8-9-26-21/h4-12,25-26H,3H2,1-2H3. The molecular formula is C22H19ClFN3O3S. The fourth-order valence-electron chi connectivity index (χ4n) is 3.34. The highest BCUT2D eigenvalue weighted by molar-refractivity contribution is 7.92. The second-order valence-electron chi connectivity index (χ2n) is 7.02. The quantitative estimate of drug-likeness (QED) is 0.410. The number of ether oxygens (including phenoxy) is 1. The molecule has 0 fully saturated rings. The van der Waals surface area contributed by atoms with Crippen LogP contribution < -0.4 is 10.3 Å². The Morgan fingerprint density at radius 1 is 1.16 bits per heavy atom. The predicted molar refractivity (Wildman–Crippen MR) is 120 cm³/mol. The van der Waals surface area contributed by atoms with Crippen molar-refractivity contribution in [2.75, 3.05) is 5.75 Å². The number of fused-ring (bicyclic) bond motifs is 1. The molecule has 0 saturated heterocycles. The molecule has 0 aliphatic heterocycles. The third-order valence-corrected chi connectivity index (χ3v) is 7.10. The van der Waals surface area contributed by atoms with E-state index in [2.05, 4.69) is 4.98 Å². The number of aromatic amines is 1. The Balaban J connectivity index is 1.99. The second kappa shape index (κ2) is 7.86. The molecule has 0 spiro atoms. The van der Waals surface area contributed by atoms with Crippen LogP contribution in [0.2, 0.25) is 5.02 Å². The summed E-state index contributed by atoms with van der Waals surface area (Å²) in [5, 5.41) is 0.874. The van der Waals surface area contributed by atoms with Crippen LogP contribution >= 0.6 is 11.6 Å². The first-order valence-corrected chi connectivity index (χ1v) is 11.5. The average molecular weight is 460 g/mol. The van der Waals surface area contributed by atoms with E-state index in [-0.39, 0.29) is 27.8 Å². The minimum Gasteiger partial charge on any atom is -0.454 e. The summed E-state index contributed by atoms with van der Waals surface area (Å²) in [6.45, 7) is 1.68. The minimum atomic E-state index is -3.01. The molecule has 2 heterocycles. The number of aromatic nitrogens is 2. The van der Waals surface area contributed by atoms with Gasteiger partial charge in [0.2, 0.25) is 0 Å². The Labute approximate surface area is 183 Å². The summed E-state index contributed by atoms with van der Waals surface area (Å²) in [6.07, 6.45) is 3.29. The van der Waals surface area contributed by atoms with Gasteiger partial charge in [0.1, 0.15) is 11.3 Å². The van der Waals surface area contributed by atoms with Crippen molar-refractivity contribution in [2.45, 2.75) is 11.8 Å². The molecule has 0 aliphatic rings. The van der Waals surface area contributed by atoms with E-state index in [0.29, 0.717) is 26.9 Å². The number of rotatable bonds is 5. The Kier molecular flexibility index (Phi) is 5.36. The van der Waals surface area contributed by atoms with E-state index in [1.807, 2.05) is 0 Å². The van der Waals surface area contributed by atoms with E-state index in [0.717, 1.165) is 6.07 Å². The Bertz CT molecular complexity index is 1480. The molecule has 0 aliphatic carbocycles. The lowest BCUT2D eigenvalue weighted by Gasteiger charge is -2.16. The smallest absolute Gasteiger partial charge is 0.274 e. The van der Waals surface area contributed by atoms with Crippen molar-refractivity contribution in [1.29, 1.82) is 4.78 Å². The fraction of sp³-hybridized carbons (Fsp3) is 0.136. The lowest BCUT2D eigenvalue weighted by molar-refractivity contribution is 0.443. The Morgan fingerprint density at radius 3 is 2.61 bits per heavy atom. The molecule has 4 rings (SSSR count). The zero-order chi connectivity index (χ0) is 22.3. The zero-order valence-corrected chi connectivity index (χ0v) is 18.3. The van der Waals surface area contributed by atoms with Gasteiger partial charge in [-0.15, -0.1) is 0 Å². The van der Waals surface area contributed by atoms with Crippen LogP contribution in [0.25, 0.3) is 22.0 Å². The molecule has 9 heteroatoms. The summed E-state index contributed by atoms with van der Waals surface area (Å²) < 4.78 is 42.6. The lowest BCUT2D eigenvalue weighted by Crippen LogP contribution is -2.16. The molecule has 1 atom stereocenters. The van der Waals surface area contributed by atoms with E-state index in [9.17, 15) is 13.4 Å². The lowest BCUT2D eigenvalue weighted by atomic mass is 10.0. The van der Waals surface area contributed by atoms with Gasteiger partial charge in [0.05, 0.1) is 9.73 Å². The molecule has 0 bridgehead atoms. The first-order valence-electron chi connectivity index (χ1n) is 9.42. The van der Waals surface area contributed by atoms with Gasteiger partial charge in [-0.2, -0.15) is 0 Å². The van der Waals surface area contributed by atoms with Gasteiger partial charge in [0.15, 0.2) is 11.6 Å². The van der Waals surface area contributed by atoms with Crippen LogP contribution in [0.4, 0.5) is 4.39 Å². The van der Waals surface area contributed by atoms with Gasteiger partial charge in [0, 0.05) is 51.6 Å². The molecule has 160 valence electrons. The normalized spacial score (nSPS) is 13.3. The molecule has 0 saturated carbocycles. The van der Waals surface area contributed by atoms with Gasteiger partial charge in [-0.25, -0.2) is 13.4 Å². The maximum Gasteiger partial charge on any atom is 0.274 e. The zero-order valence-electron chi connectivity index (χ0n) is 16.7. The van der Waals surface area contributed by atoms with Crippen molar-refractivity contribution in [2.24, 2.45) is 7.05 Å². The highest BCUT2D eigenvalue weighted by Gasteiger charge is 2.19. The third kappa shape index (κ3) is 3.84. The molecule has 31 heavy (non-hydrogen) atoms. The topological polar surface area (TPSA) is 87.9 Å². The molecule has 2 N–H and O–H groups in total. The van der Waals surface area contributed by atoms with Crippen LogP contribution in [-0.4, -0.2) is 19.5 Å². The van der Waals surface area contributed by atoms with Gasteiger partial charge < -0.3 is 14.3 Å². The number of hydrogen-bond donors (Lipinski definition) is 2. The first kappa shape index (κ1) is 21.1. The van der Waals surface area contributed by atoms with Gasteiger partial charge in [-0.3, -0.25) is 4.79 Å². The van der Waals surface area contributed by atoms with Crippen LogP contribution in [-0.2, 0) is 16.8 Å². The number of halogens is 2. The Morgan fingerprint density at radius 2 is 1.90 bits per heavy atom. The van der Waals surface area contributed by atoms with Crippen molar-refractivity contribution in [3.05, 3.63) is 76.1 Å². The monoisotopic (exact) mass is 459 g/mol. The largest absolute Gasteiger partial charge is 0.454 e. The maximum atomic E-state index is 14.4. The van der Waals surface area contributed by atoms with Crippen LogP contribution in [0.5, 0.6) is 11.5 Å². The van der Waals surface area contributed by atoms with E-state index in [4.69, 9.17) is 21.1 Å². The van der Waals surface area contributed by atoms with Crippen molar-refractivity contribution in [3.8, 4) is 22.6 Å². The number of nitrogens with zero attached hydrogens (tertiary/aromatic N) is 1. The SMILES string of the molecule is CCS(=N)(=O)c1ccc(Oc2ccc(Cl)cc2F)c(-c2cn(C)c(=O)c3[nH]ccc23)c1. The molecule has 6 nitrogen and oxygen atoms in total. The molecule has 0 radical (unpaired) electrons. The molecule has 4 aromatic rings. The van der Waals surface area contributed by atoms with Crippen LogP contribution in [0, 0.1) is 10.6 Å². The predicted octanol–water partition coefficient (Wildman–Crippen LogP) is 5.54. The van der Waals surface area contributed by atoms with E-state index >= 15 is 0 Å². The van der Waals surface area contributed by atoms with Crippen molar-refractivity contribution >= 4 is 32.2 Å². The van der Waals surface area contributed by atoms with E-state index < -0.39 is 15.5 Å². The van der Waals surface area contributed by atoms with Gasteiger partial charge in [0.25, 0.3) is 5.56 Å². The summed E-state index contributed by atoms with van der Waals surface area (Å²) in [5.41, 5.74) is 1.30. The summed E-state index contributed by atoms with van der Waals surface area (Å²) in [4.78, 5) is 15.7. The highest BCUT2D eigenvalue weighted by Crippen LogP contribution is 2.39. The van der Waals surface area contributed by atoms with Crippen LogP contribution in [0.1, 0.15) is 6.92 Å². The number of nitrogens with one attached hydrogen (secondary N) is 2. The van der Waals surface area contributed by atoms with Crippen molar-refractivity contribution < 1.29 is 13.3 Å². The number of aryl methyl sites for hydroxylation is 1. The van der Waals surface area contributed by atoms with Gasteiger partial charge >= 0.3 is 0 Å². The van der Waals surface area contributed by atoms with E-state index in [1.165, 1.54) is 16.7 Å². The molecule has 2 aromatic carbocycles. The second-order valence-corrected chi connectivity index (χ2v) is 9.86.